The average molecular weight is 252 g/mol. The first kappa shape index (κ1) is 11.0. The Hall–Kier alpha value is -2.09. The summed E-state index contributed by atoms with van der Waals surface area (Å²) >= 11 is 0. The SMILES string of the molecule is CC1=CNC(=O)N[C@]12O[C@@]1(C)C(=O)NC(=O)N[C@H]12. The molecule has 96 valence electrons. The fraction of sp³-hybridized carbons (Fsp3) is 0.500. The van der Waals surface area contributed by atoms with Gasteiger partial charge in [0, 0.05) is 6.20 Å². The van der Waals surface area contributed by atoms with Gasteiger partial charge in [-0.1, -0.05) is 0 Å². The summed E-state index contributed by atoms with van der Waals surface area (Å²) in [5.74, 6) is -0.512. The van der Waals surface area contributed by atoms with Crippen molar-refractivity contribution in [1.29, 1.82) is 0 Å². The maximum atomic E-state index is 11.8. The van der Waals surface area contributed by atoms with Crippen LogP contribution in [0.5, 0.6) is 0 Å². The van der Waals surface area contributed by atoms with E-state index in [1.54, 1.807) is 13.8 Å². The predicted molar refractivity (Wildman–Crippen MR) is 58.1 cm³/mol. The molecule has 18 heavy (non-hydrogen) atoms. The van der Waals surface area contributed by atoms with Crippen LogP contribution in [0.15, 0.2) is 11.8 Å². The van der Waals surface area contributed by atoms with Gasteiger partial charge in [0.25, 0.3) is 5.91 Å². The quantitative estimate of drug-likeness (QED) is 0.438. The number of carbonyl (C=O) groups is 3. The van der Waals surface area contributed by atoms with Crippen LogP contribution in [0, 0.1) is 0 Å². The molecule has 3 aliphatic rings. The molecular weight excluding hydrogens is 240 g/mol. The fourth-order valence-electron chi connectivity index (χ4n) is 2.58. The second kappa shape index (κ2) is 3.02. The molecule has 0 aromatic rings. The minimum atomic E-state index is -1.17. The third-order valence-corrected chi connectivity index (χ3v) is 3.59. The van der Waals surface area contributed by atoms with Gasteiger partial charge in [0.15, 0.2) is 11.3 Å². The maximum Gasteiger partial charge on any atom is 0.322 e. The van der Waals surface area contributed by atoms with Crippen molar-refractivity contribution < 1.29 is 19.1 Å². The topological polar surface area (TPSA) is 109 Å². The number of ether oxygens (including phenoxy) is 1. The highest BCUT2D eigenvalue weighted by Crippen LogP contribution is 2.46. The smallest absolute Gasteiger partial charge is 0.322 e. The van der Waals surface area contributed by atoms with Crippen molar-refractivity contribution in [1.82, 2.24) is 21.3 Å². The lowest BCUT2D eigenvalue weighted by atomic mass is 9.74. The number of fused-ring (bicyclic) bond motifs is 2. The van der Waals surface area contributed by atoms with E-state index in [2.05, 4.69) is 21.3 Å². The molecule has 0 aromatic heterocycles. The van der Waals surface area contributed by atoms with E-state index in [0.717, 1.165) is 0 Å². The molecule has 0 radical (unpaired) electrons. The summed E-state index contributed by atoms with van der Waals surface area (Å²) in [7, 11) is 0. The van der Waals surface area contributed by atoms with Crippen molar-refractivity contribution in [3.63, 3.8) is 0 Å². The van der Waals surface area contributed by atoms with Gasteiger partial charge < -0.3 is 20.7 Å². The van der Waals surface area contributed by atoms with Crippen molar-refractivity contribution in [2.75, 3.05) is 0 Å². The summed E-state index contributed by atoms with van der Waals surface area (Å²) in [6, 6.07) is -1.66. The van der Waals surface area contributed by atoms with Gasteiger partial charge in [-0.3, -0.25) is 10.1 Å². The van der Waals surface area contributed by atoms with E-state index in [0.29, 0.717) is 5.57 Å². The Bertz CT molecular complexity index is 516. The van der Waals surface area contributed by atoms with Crippen LogP contribution in [0.2, 0.25) is 0 Å². The molecular formula is C10H12N4O4. The van der Waals surface area contributed by atoms with Gasteiger partial charge in [0.05, 0.1) is 0 Å². The van der Waals surface area contributed by atoms with Crippen LogP contribution in [-0.4, -0.2) is 35.3 Å². The number of carbonyl (C=O) groups excluding carboxylic acids is 3. The predicted octanol–water partition coefficient (Wildman–Crippen LogP) is -1.10. The lowest BCUT2D eigenvalue weighted by molar-refractivity contribution is -0.270. The Morgan fingerprint density at radius 3 is 2.72 bits per heavy atom. The molecule has 3 atom stereocenters. The number of nitrogens with one attached hydrogen (secondary N) is 4. The number of imide groups is 1. The Balaban J connectivity index is 2.00. The van der Waals surface area contributed by atoms with Crippen LogP contribution in [0.1, 0.15) is 13.8 Å². The Labute approximate surface area is 102 Å². The van der Waals surface area contributed by atoms with Crippen molar-refractivity contribution in [3.8, 4) is 0 Å². The molecule has 3 aliphatic heterocycles. The first-order valence-corrected chi connectivity index (χ1v) is 5.46. The van der Waals surface area contributed by atoms with Gasteiger partial charge in [-0.2, -0.15) is 0 Å². The molecule has 8 heteroatoms. The van der Waals surface area contributed by atoms with E-state index in [9.17, 15) is 14.4 Å². The van der Waals surface area contributed by atoms with E-state index in [1.807, 2.05) is 0 Å². The first-order valence-electron chi connectivity index (χ1n) is 5.46. The number of urea groups is 2. The lowest BCUT2D eigenvalue weighted by Gasteiger charge is -2.61. The van der Waals surface area contributed by atoms with Crippen LogP contribution in [0.4, 0.5) is 9.59 Å². The highest BCUT2D eigenvalue weighted by atomic mass is 16.6. The highest BCUT2D eigenvalue weighted by molar-refractivity contribution is 6.03. The van der Waals surface area contributed by atoms with E-state index in [4.69, 9.17) is 4.74 Å². The van der Waals surface area contributed by atoms with Gasteiger partial charge >= 0.3 is 12.1 Å². The zero-order chi connectivity index (χ0) is 13.1. The third kappa shape index (κ3) is 1.10. The standard InChI is InChI=1S/C10H12N4O4/c1-4-3-11-7(16)14-10(4)5-9(2,18-10)6(15)13-8(17)12-5/h3,5H,1-2H3,(H2,11,14,16)(H2,12,13,15,17)/t5-,9-,10+/m1/s1. The highest BCUT2D eigenvalue weighted by Gasteiger charge is 2.71. The van der Waals surface area contributed by atoms with Crippen molar-refractivity contribution >= 4 is 18.0 Å². The van der Waals surface area contributed by atoms with Crippen molar-refractivity contribution in [3.05, 3.63) is 11.8 Å². The van der Waals surface area contributed by atoms with Gasteiger partial charge in [0.1, 0.15) is 6.04 Å². The van der Waals surface area contributed by atoms with E-state index in [1.165, 1.54) is 6.20 Å². The zero-order valence-corrected chi connectivity index (χ0v) is 9.79. The molecule has 0 bridgehead atoms. The van der Waals surface area contributed by atoms with E-state index < -0.39 is 35.3 Å². The Morgan fingerprint density at radius 2 is 2.00 bits per heavy atom. The Morgan fingerprint density at radius 1 is 1.28 bits per heavy atom. The minimum Gasteiger partial charge on any atom is -0.331 e. The molecule has 4 N–H and O–H groups in total. The fourth-order valence-corrected chi connectivity index (χ4v) is 2.58. The number of hydrogen-bond donors (Lipinski definition) is 4. The summed E-state index contributed by atoms with van der Waals surface area (Å²) in [5, 5.41) is 9.85. The average Bonchev–Trinajstić information content (AvgIpc) is 2.29. The van der Waals surface area contributed by atoms with Crippen LogP contribution < -0.4 is 21.3 Å². The summed E-state index contributed by atoms with van der Waals surface area (Å²) in [6.45, 7) is 3.31. The van der Waals surface area contributed by atoms with Gasteiger partial charge in [-0.05, 0) is 19.4 Å². The second-order valence-corrected chi connectivity index (χ2v) is 4.73. The van der Waals surface area contributed by atoms with Crippen molar-refractivity contribution in [2.45, 2.75) is 31.2 Å². The maximum absolute atomic E-state index is 11.8. The lowest BCUT2D eigenvalue weighted by Crippen LogP contribution is -2.89. The summed E-state index contributed by atoms with van der Waals surface area (Å²) in [4.78, 5) is 34.5. The second-order valence-electron chi connectivity index (χ2n) is 4.73. The molecule has 1 spiro atoms. The van der Waals surface area contributed by atoms with Crippen LogP contribution in [0.25, 0.3) is 0 Å². The molecule has 0 saturated carbocycles. The van der Waals surface area contributed by atoms with Crippen LogP contribution in [0.3, 0.4) is 0 Å². The first-order chi connectivity index (χ1) is 8.38. The molecule has 2 fully saturated rings. The molecule has 0 unspecified atom stereocenters. The van der Waals surface area contributed by atoms with Gasteiger partial charge in [0.2, 0.25) is 0 Å². The van der Waals surface area contributed by atoms with Gasteiger partial charge in [-0.15, -0.1) is 0 Å². The van der Waals surface area contributed by atoms with E-state index in [-0.39, 0.29) is 0 Å². The summed E-state index contributed by atoms with van der Waals surface area (Å²) in [6.07, 6.45) is 1.50. The summed E-state index contributed by atoms with van der Waals surface area (Å²) < 4.78 is 5.64. The van der Waals surface area contributed by atoms with Crippen molar-refractivity contribution in [2.24, 2.45) is 0 Å². The largest absolute Gasteiger partial charge is 0.331 e. The van der Waals surface area contributed by atoms with Gasteiger partial charge in [-0.25, -0.2) is 9.59 Å². The van der Waals surface area contributed by atoms with Crippen LogP contribution >= 0.6 is 0 Å². The number of hydrogen-bond acceptors (Lipinski definition) is 4. The molecule has 5 amide bonds. The third-order valence-electron chi connectivity index (χ3n) is 3.59. The monoisotopic (exact) mass is 252 g/mol. The molecule has 3 heterocycles. The molecule has 2 saturated heterocycles. The number of amides is 5. The molecule has 3 rings (SSSR count). The number of rotatable bonds is 0. The van der Waals surface area contributed by atoms with E-state index >= 15 is 0 Å². The molecule has 0 aliphatic carbocycles. The minimum absolute atomic E-state index is 0.442. The molecule has 8 nitrogen and oxygen atoms in total. The van der Waals surface area contributed by atoms with Crippen LogP contribution in [-0.2, 0) is 9.53 Å². The Kier molecular flexibility index (Phi) is 1.85. The normalized spacial score (nSPS) is 41.8. The molecule has 0 aromatic carbocycles. The summed E-state index contributed by atoms with van der Waals surface area (Å²) in [5.41, 5.74) is -1.64. The zero-order valence-electron chi connectivity index (χ0n) is 9.79.